The van der Waals surface area contributed by atoms with E-state index in [9.17, 15) is 61.3 Å². The lowest BCUT2D eigenvalue weighted by Crippen LogP contribution is -2.29. The summed E-state index contributed by atoms with van der Waals surface area (Å²) < 4.78 is 0. The average molecular weight is 749 g/mol. The number of phenols is 12. The maximum atomic E-state index is 11.7. The van der Waals surface area contributed by atoms with Gasteiger partial charge in [-0.3, -0.25) is 0 Å². The summed E-state index contributed by atoms with van der Waals surface area (Å²) in [5.41, 5.74) is 1.25. The number of rotatable bonds is 11. The van der Waals surface area contributed by atoms with E-state index in [1.54, 1.807) is 6.92 Å². The van der Waals surface area contributed by atoms with Crippen LogP contribution in [0.3, 0.4) is 0 Å². The standard InChI is InChI=1S/C43H40O12/c1-21(29-9-4-24(45)16-36(29)51)41(31-11-6-26(47)18-38(31)53)43(33-13-8-28(49)20-40(33)55)42(32-12-7-27(48)19-39(32)54)34(30-10-5-25(46)17-37(30)52)14-22-2-3-23(44)15-35(22)50/h2-13,15-21,34,41-55H,14H2,1H3. The first-order valence-electron chi connectivity index (χ1n) is 17.2. The fraction of sp³-hybridized carbons (Fsp3) is 0.163. The molecule has 12 N–H and O–H groups in total. The van der Waals surface area contributed by atoms with Crippen LogP contribution in [0.4, 0.5) is 0 Å². The quantitative estimate of drug-likeness (QED) is 0.0612. The Labute approximate surface area is 315 Å². The van der Waals surface area contributed by atoms with Gasteiger partial charge >= 0.3 is 0 Å². The van der Waals surface area contributed by atoms with Crippen LogP contribution in [0.2, 0.25) is 0 Å². The second kappa shape index (κ2) is 15.1. The van der Waals surface area contributed by atoms with Crippen molar-refractivity contribution < 1.29 is 61.3 Å². The van der Waals surface area contributed by atoms with Gasteiger partial charge in [0.25, 0.3) is 0 Å². The molecule has 5 atom stereocenters. The van der Waals surface area contributed by atoms with Crippen LogP contribution in [-0.2, 0) is 6.42 Å². The predicted molar refractivity (Wildman–Crippen MR) is 202 cm³/mol. The Morgan fingerprint density at radius 3 is 1.02 bits per heavy atom. The van der Waals surface area contributed by atoms with Gasteiger partial charge in [0.05, 0.1) is 0 Å². The maximum Gasteiger partial charge on any atom is 0.122 e. The molecule has 5 unspecified atom stereocenters. The Balaban J connectivity index is 1.77. The zero-order chi connectivity index (χ0) is 39.7. The van der Waals surface area contributed by atoms with Crippen LogP contribution < -0.4 is 0 Å². The van der Waals surface area contributed by atoms with Crippen molar-refractivity contribution in [2.24, 2.45) is 0 Å². The van der Waals surface area contributed by atoms with Gasteiger partial charge in [0.1, 0.15) is 69.0 Å². The van der Waals surface area contributed by atoms with E-state index in [1.807, 2.05) is 0 Å². The minimum absolute atomic E-state index is 0.127. The van der Waals surface area contributed by atoms with Crippen LogP contribution in [0.1, 0.15) is 69.9 Å². The van der Waals surface area contributed by atoms with E-state index in [-0.39, 0.29) is 97.3 Å². The minimum atomic E-state index is -1.16. The normalized spacial score (nSPS) is 14.1. The molecule has 0 saturated heterocycles. The van der Waals surface area contributed by atoms with Crippen LogP contribution in [0.15, 0.2) is 109 Å². The van der Waals surface area contributed by atoms with Crippen molar-refractivity contribution >= 4 is 0 Å². The van der Waals surface area contributed by atoms with Crippen molar-refractivity contribution in [2.75, 3.05) is 0 Å². The summed E-state index contributed by atoms with van der Waals surface area (Å²) in [5, 5.41) is 131. The maximum absolute atomic E-state index is 11.7. The molecule has 0 spiro atoms. The molecule has 6 aromatic carbocycles. The number of benzene rings is 6. The SMILES string of the molecule is CC(c1ccc(O)cc1O)C(c1ccc(O)cc1O)C(c1ccc(O)cc1O)C(c1ccc(O)cc1O)C(Cc1ccc(O)cc1O)c1ccc(O)cc1O. The molecular formula is C43H40O12. The second-order valence-corrected chi connectivity index (χ2v) is 13.7. The molecule has 12 nitrogen and oxygen atoms in total. The van der Waals surface area contributed by atoms with E-state index < -0.39 is 41.1 Å². The number of aromatic hydroxyl groups is 12. The molecule has 0 heterocycles. The topological polar surface area (TPSA) is 243 Å². The Bertz CT molecular complexity index is 2360. The molecular weight excluding hydrogens is 708 g/mol. The molecule has 6 rings (SSSR count). The molecule has 55 heavy (non-hydrogen) atoms. The number of phenolic OH excluding ortho intramolecular Hbond substituents is 12. The van der Waals surface area contributed by atoms with Gasteiger partial charge in [-0.15, -0.1) is 0 Å². The highest BCUT2D eigenvalue weighted by atomic mass is 16.3. The van der Waals surface area contributed by atoms with E-state index in [0.717, 1.165) is 36.4 Å². The molecule has 0 radical (unpaired) electrons. The molecule has 284 valence electrons. The zero-order valence-electron chi connectivity index (χ0n) is 29.4. The van der Waals surface area contributed by atoms with Gasteiger partial charge < -0.3 is 61.3 Å². The highest BCUT2D eigenvalue weighted by Gasteiger charge is 2.45. The highest BCUT2D eigenvalue weighted by molar-refractivity contribution is 5.56. The Morgan fingerprint density at radius 2 is 0.636 bits per heavy atom. The van der Waals surface area contributed by atoms with Crippen molar-refractivity contribution in [1.29, 1.82) is 0 Å². The van der Waals surface area contributed by atoms with Crippen molar-refractivity contribution in [3.05, 3.63) is 143 Å². The number of hydrogen-bond acceptors (Lipinski definition) is 12. The summed E-state index contributed by atoms with van der Waals surface area (Å²) in [7, 11) is 0. The monoisotopic (exact) mass is 748 g/mol. The van der Waals surface area contributed by atoms with Gasteiger partial charge in [0.15, 0.2) is 0 Å². The fourth-order valence-electron chi connectivity index (χ4n) is 7.83. The first-order valence-corrected chi connectivity index (χ1v) is 17.2. The first-order chi connectivity index (χ1) is 26.1. The Kier molecular flexibility index (Phi) is 10.3. The average Bonchev–Trinajstić information content (AvgIpc) is 3.10. The van der Waals surface area contributed by atoms with Gasteiger partial charge in [0, 0.05) is 54.2 Å². The predicted octanol–water partition coefficient (Wildman–Crippen LogP) is 7.64. The highest BCUT2D eigenvalue weighted by Crippen LogP contribution is 2.60. The van der Waals surface area contributed by atoms with Crippen LogP contribution in [0.5, 0.6) is 69.0 Å². The summed E-state index contributed by atoms with van der Waals surface area (Å²) >= 11 is 0. The van der Waals surface area contributed by atoms with Crippen molar-refractivity contribution in [1.82, 2.24) is 0 Å². The molecule has 0 saturated carbocycles. The van der Waals surface area contributed by atoms with Crippen molar-refractivity contribution in [3.63, 3.8) is 0 Å². The molecule has 0 aliphatic rings. The van der Waals surface area contributed by atoms with E-state index in [1.165, 1.54) is 72.8 Å². The fourth-order valence-corrected chi connectivity index (χ4v) is 7.83. The molecule has 0 aromatic heterocycles. The van der Waals surface area contributed by atoms with Crippen molar-refractivity contribution in [3.8, 4) is 69.0 Å². The zero-order valence-corrected chi connectivity index (χ0v) is 29.4. The van der Waals surface area contributed by atoms with Gasteiger partial charge in [-0.25, -0.2) is 0 Å². The summed E-state index contributed by atoms with van der Waals surface area (Å²) in [4.78, 5) is 0. The second-order valence-electron chi connectivity index (χ2n) is 13.7. The molecule has 0 fully saturated rings. The largest absolute Gasteiger partial charge is 0.508 e. The molecule has 0 aliphatic carbocycles. The summed E-state index contributed by atoms with van der Waals surface area (Å²) in [6.07, 6.45) is -0.127. The third-order valence-electron chi connectivity index (χ3n) is 10.3. The lowest BCUT2D eigenvalue weighted by molar-refractivity contribution is 0.325. The van der Waals surface area contributed by atoms with Gasteiger partial charge in [-0.1, -0.05) is 43.3 Å². The third-order valence-corrected chi connectivity index (χ3v) is 10.3. The lowest BCUT2D eigenvalue weighted by atomic mass is 9.60. The Hall–Kier alpha value is -7.08. The van der Waals surface area contributed by atoms with Crippen LogP contribution in [0.25, 0.3) is 0 Å². The van der Waals surface area contributed by atoms with Crippen LogP contribution >= 0.6 is 0 Å². The van der Waals surface area contributed by atoms with E-state index >= 15 is 0 Å². The molecule has 0 amide bonds. The Morgan fingerprint density at radius 1 is 0.327 bits per heavy atom. The van der Waals surface area contributed by atoms with Crippen LogP contribution in [0, 0.1) is 0 Å². The smallest absolute Gasteiger partial charge is 0.122 e. The molecule has 6 aromatic rings. The van der Waals surface area contributed by atoms with Crippen LogP contribution in [-0.4, -0.2) is 61.3 Å². The van der Waals surface area contributed by atoms with Gasteiger partial charge in [-0.2, -0.15) is 0 Å². The summed E-state index contributed by atoms with van der Waals surface area (Å²) in [6, 6.07) is 23.5. The van der Waals surface area contributed by atoms with Gasteiger partial charge in [0.2, 0.25) is 0 Å². The molecule has 0 bridgehead atoms. The van der Waals surface area contributed by atoms with E-state index in [0.29, 0.717) is 0 Å². The van der Waals surface area contributed by atoms with E-state index in [4.69, 9.17) is 0 Å². The summed E-state index contributed by atoms with van der Waals surface area (Å²) in [5.74, 6) is -9.04. The van der Waals surface area contributed by atoms with Gasteiger partial charge in [-0.05, 0) is 88.0 Å². The lowest BCUT2D eigenvalue weighted by Gasteiger charge is -2.42. The molecule has 0 aliphatic heterocycles. The third kappa shape index (κ3) is 7.70. The summed E-state index contributed by atoms with van der Waals surface area (Å²) in [6.45, 7) is 1.72. The van der Waals surface area contributed by atoms with E-state index in [2.05, 4.69) is 0 Å². The number of hydrogen-bond donors (Lipinski definition) is 12. The molecule has 12 heteroatoms. The minimum Gasteiger partial charge on any atom is -0.508 e. The van der Waals surface area contributed by atoms with Crippen molar-refractivity contribution in [2.45, 2.75) is 42.9 Å². The first kappa shape index (κ1) is 37.7.